The lowest BCUT2D eigenvalue weighted by molar-refractivity contribution is 0.276. The summed E-state index contributed by atoms with van der Waals surface area (Å²) in [6, 6.07) is 13.8. The number of anilines is 1. The van der Waals surface area contributed by atoms with E-state index in [-0.39, 0.29) is 18.4 Å². The molecule has 0 saturated heterocycles. The molecule has 0 saturated carbocycles. The molecule has 2 aromatic carbocycles. The zero-order valence-corrected chi connectivity index (χ0v) is 10.4. The van der Waals surface area contributed by atoms with Crippen molar-refractivity contribution in [1.29, 1.82) is 0 Å². The predicted octanol–water partition coefficient (Wildman–Crippen LogP) is 3.19. The predicted molar refractivity (Wildman–Crippen MR) is 73.0 cm³/mol. The average molecular weight is 264 g/mol. The van der Waals surface area contributed by atoms with Gasteiger partial charge in [0.15, 0.2) is 0 Å². The van der Waals surface area contributed by atoms with E-state index in [1.54, 1.807) is 30.3 Å². The maximum atomic E-state index is 9.43. The molecule has 4 heteroatoms. The molecule has 2 aromatic rings. The van der Waals surface area contributed by atoms with E-state index in [0.29, 0.717) is 5.02 Å². The van der Waals surface area contributed by atoms with Crippen LogP contribution in [0.1, 0.15) is 11.6 Å². The van der Waals surface area contributed by atoms with Crippen molar-refractivity contribution in [3.05, 3.63) is 59.1 Å². The van der Waals surface area contributed by atoms with Gasteiger partial charge in [-0.3, -0.25) is 0 Å². The SMILES string of the molecule is OCC(Nc1ccc(Cl)cc1)c1cccc(O)c1. The first-order chi connectivity index (χ1) is 8.69. The van der Waals surface area contributed by atoms with E-state index in [0.717, 1.165) is 11.3 Å². The van der Waals surface area contributed by atoms with Gasteiger partial charge in [-0.25, -0.2) is 0 Å². The first kappa shape index (κ1) is 12.7. The lowest BCUT2D eigenvalue weighted by atomic mass is 10.1. The first-order valence-electron chi connectivity index (χ1n) is 5.61. The first-order valence-corrected chi connectivity index (χ1v) is 5.99. The molecule has 0 bridgehead atoms. The molecule has 1 atom stereocenters. The summed E-state index contributed by atoms with van der Waals surface area (Å²) in [6.07, 6.45) is 0. The van der Waals surface area contributed by atoms with Crippen LogP contribution in [-0.4, -0.2) is 16.8 Å². The molecule has 0 aromatic heterocycles. The molecule has 0 amide bonds. The number of nitrogens with one attached hydrogen (secondary N) is 1. The molecular formula is C14H14ClNO2. The molecule has 3 nitrogen and oxygen atoms in total. The number of phenols is 1. The molecule has 3 N–H and O–H groups in total. The average Bonchev–Trinajstić information content (AvgIpc) is 2.38. The highest BCUT2D eigenvalue weighted by atomic mass is 35.5. The fourth-order valence-corrected chi connectivity index (χ4v) is 1.85. The number of phenolic OH excluding ortho intramolecular Hbond substituents is 1. The van der Waals surface area contributed by atoms with Crippen LogP contribution in [0.3, 0.4) is 0 Å². The standard InChI is InChI=1S/C14H14ClNO2/c15-11-4-6-12(7-5-11)16-14(9-17)10-2-1-3-13(18)8-10/h1-8,14,16-18H,9H2. The zero-order valence-electron chi connectivity index (χ0n) is 9.68. The second kappa shape index (κ2) is 5.76. The Morgan fingerprint density at radius 3 is 2.44 bits per heavy atom. The monoisotopic (exact) mass is 263 g/mol. The molecule has 0 aliphatic carbocycles. The van der Waals surface area contributed by atoms with Crippen molar-refractivity contribution in [3.63, 3.8) is 0 Å². The summed E-state index contributed by atoms with van der Waals surface area (Å²) in [7, 11) is 0. The Morgan fingerprint density at radius 2 is 1.83 bits per heavy atom. The summed E-state index contributed by atoms with van der Waals surface area (Å²) < 4.78 is 0. The van der Waals surface area contributed by atoms with Crippen LogP contribution in [0.4, 0.5) is 5.69 Å². The number of benzene rings is 2. The van der Waals surface area contributed by atoms with Gasteiger partial charge in [0.1, 0.15) is 5.75 Å². The molecule has 2 rings (SSSR count). The van der Waals surface area contributed by atoms with E-state index < -0.39 is 0 Å². The normalized spacial score (nSPS) is 12.1. The Hall–Kier alpha value is -1.71. The van der Waals surface area contributed by atoms with E-state index in [2.05, 4.69) is 5.32 Å². The minimum Gasteiger partial charge on any atom is -0.508 e. The Labute approximate surface area is 111 Å². The van der Waals surface area contributed by atoms with Gasteiger partial charge < -0.3 is 15.5 Å². The summed E-state index contributed by atoms with van der Waals surface area (Å²) in [6.45, 7) is -0.0634. The van der Waals surface area contributed by atoms with E-state index in [4.69, 9.17) is 11.6 Å². The summed E-state index contributed by atoms with van der Waals surface area (Å²) >= 11 is 5.81. The number of hydrogen-bond donors (Lipinski definition) is 3. The third kappa shape index (κ3) is 3.15. The molecule has 0 aliphatic heterocycles. The lowest BCUT2D eigenvalue weighted by Crippen LogP contribution is -2.14. The van der Waals surface area contributed by atoms with E-state index in [9.17, 15) is 10.2 Å². The van der Waals surface area contributed by atoms with Gasteiger partial charge >= 0.3 is 0 Å². The zero-order chi connectivity index (χ0) is 13.0. The summed E-state index contributed by atoms with van der Waals surface area (Å²) in [5, 5.41) is 22.7. The van der Waals surface area contributed by atoms with Crippen molar-refractivity contribution in [2.24, 2.45) is 0 Å². The Morgan fingerprint density at radius 1 is 1.11 bits per heavy atom. The van der Waals surface area contributed by atoms with Gasteiger partial charge in [0.2, 0.25) is 0 Å². The number of aliphatic hydroxyl groups excluding tert-OH is 1. The van der Waals surface area contributed by atoms with Crippen LogP contribution < -0.4 is 5.32 Å². The largest absolute Gasteiger partial charge is 0.508 e. The molecule has 0 radical (unpaired) electrons. The van der Waals surface area contributed by atoms with E-state index >= 15 is 0 Å². The van der Waals surface area contributed by atoms with Crippen molar-refractivity contribution in [3.8, 4) is 5.75 Å². The van der Waals surface area contributed by atoms with Gasteiger partial charge in [-0.15, -0.1) is 0 Å². The smallest absolute Gasteiger partial charge is 0.115 e. The van der Waals surface area contributed by atoms with Crippen LogP contribution >= 0.6 is 11.6 Å². The molecular weight excluding hydrogens is 250 g/mol. The fraction of sp³-hybridized carbons (Fsp3) is 0.143. The highest BCUT2D eigenvalue weighted by Crippen LogP contribution is 2.23. The minimum absolute atomic E-state index is 0.0634. The van der Waals surface area contributed by atoms with Crippen LogP contribution in [0, 0.1) is 0 Å². The summed E-state index contributed by atoms with van der Waals surface area (Å²) in [5.41, 5.74) is 1.69. The highest BCUT2D eigenvalue weighted by Gasteiger charge is 2.10. The quantitative estimate of drug-likeness (QED) is 0.794. The van der Waals surface area contributed by atoms with Gasteiger partial charge in [-0.05, 0) is 42.0 Å². The Kier molecular flexibility index (Phi) is 4.07. The van der Waals surface area contributed by atoms with Gasteiger partial charge in [0.05, 0.1) is 12.6 Å². The fourth-order valence-electron chi connectivity index (χ4n) is 1.72. The van der Waals surface area contributed by atoms with Crippen molar-refractivity contribution in [2.45, 2.75) is 6.04 Å². The maximum absolute atomic E-state index is 9.43. The van der Waals surface area contributed by atoms with Crippen LogP contribution in [0.5, 0.6) is 5.75 Å². The number of aromatic hydroxyl groups is 1. The lowest BCUT2D eigenvalue weighted by Gasteiger charge is -2.18. The van der Waals surface area contributed by atoms with E-state index in [1.165, 1.54) is 0 Å². The van der Waals surface area contributed by atoms with Gasteiger partial charge in [-0.1, -0.05) is 23.7 Å². The molecule has 0 fully saturated rings. The molecule has 94 valence electrons. The number of rotatable bonds is 4. The van der Waals surface area contributed by atoms with Crippen molar-refractivity contribution < 1.29 is 10.2 Å². The number of halogens is 1. The van der Waals surface area contributed by atoms with Crippen LogP contribution in [0.2, 0.25) is 5.02 Å². The second-order valence-electron chi connectivity index (χ2n) is 3.98. The molecule has 18 heavy (non-hydrogen) atoms. The Bertz CT molecular complexity index is 513. The van der Waals surface area contributed by atoms with Crippen molar-refractivity contribution >= 4 is 17.3 Å². The van der Waals surface area contributed by atoms with Crippen LogP contribution in [0.15, 0.2) is 48.5 Å². The van der Waals surface area contributed by atoms with Gasteiger partial charge in [0.25, 0.3) is 0 Å². The summed E-state index contributed by atoms with van der Waals surface area (Å²) in [4.78, 5) is 0. The highest BCUT2D eigenvalue weighted by molar-refractivity contribution is 6.30. The minimum atomic E-state index is -0.265. The molecule has 1 unspecified atom stereocenters. The Balaban J connectivity index is 2.17. The third-order valence-electron chi connectivity index (χ3n) is 2.64. The van der Waals surface area contributed by atoms with Crippen molar-refractivity contribution in [1.82, 2.24) is 0 Å². The molecule has 0 spiro atoms. The third-order valence-corrected chi connectivity index (χ3v) is 2.89. The molecule has 0 heterocycles. The topological polar surface area (TPSA) is 52.5 Å². The van der Waals surface area contributed by atoms with E-state index in [1.807, 2.05) is 18.2 Å². The number of hydrogen-bond acceptors (Lipinski definition) is 3. The maximum Gasteiger partial charge on any atom is 0.115 e. The van der Waals surface area contributed by atoms with Crippen LogP contribution in [0.25, 0.3) is 0 Å². The molecule has 0 aliphatic rings. The van der Waals surface area contributed by atoms with Crippen LogP contribution in [-0.2, 0) is 0 Å². The number of aliphatic hydroxyl groups is 1. The van der Waals surface area contributed by atoms with Gasteiger partial charge in [0, 0.05) is 10.7 Å². The summed E-state index contributed by atoms with van der Waals surface area (Å²) in [5.74, 6) is 0.184. The van der Waals surface area contributed by atoms with Crippen molar-refractivity contribution in [2.75, 3.05) is 11.9 Å². The van der Waals surface area contributed by atoms with Gasteiger partial charge in [-0.2, -0.15) is 0 Å². The second-order valence-corrected chi connectivity index (χ2v) is 4.42.